The van der Waals surface area contributed by atoms with Crippen molar-refractivity contribution in [2.24, 2.45) is 4.99 Å². The van der Waals surface area contributed by atoms with Gasteiger partial charge in [0.1, 0.15) is 0 Å². The molecule has 1 aliphatic rings. The van der Waals surface area contributed by atoms with E-state index in [1.54, 1.807) is 6.92 Å². The summed E-state index contributed by atoms with van der Waals surface area (Å²) in [5, 5.41) is 3.41. The highest BCUT2D eigenvalue weighted by molar-refractivity contribution is 5.80. The molecule has 1 N–H and O–H groups in total. The standard InChI is InChI=1S/C20H33N5O/c1-5-21-20(25-13-11-24(12-14-25)17(2)26)22-16-19(23(3)4)15-18-9-7-6-8-10-18/h6-10,19H,5,11-16H2,1-4H3,(H,21,22). The molecule has 0 saturated carbocycles. The van der Waals surface area contributed by atoms with E-state index in [0.29, 0.717) is 6.04 Å². The Hall–Kier alpha value is -2.08. The fourth-order valence-corrected chi connectivity index (χ4v) is 3.15. The zero-order valence-corrected chi connectivity index (χ0v) is 16.6. The van der Waals surface area contributed by atoms with Crippen LogP contribution in [0, 0.1) is 0 Å². The summed E-state index contributed by atoms with van der Waals surface area (Å²) in [7, 11) is 4.23. The van der Waals surface area contributed by atoms with Crippen LogP contribution in [0.25, 0.3) is 0 Å². The molecule has 0 aliphatic carbocycles. The van der Waals surface area contributed by atoms with Gasteiger partial charge in [0.15, 0.2) is 5.96 Å². The quantitative estimate of drug-likeness (QED) is 0.614. The van der Waals surface area contributed by atoms with Crippen molar-refractivity contribution < 1.29 is 4.79 Å². The molecule has 1 aromatic rings. The van der Waals surface area contributed by atoms with Crippen molar-refractivity contribution in [3.8, 4) is 0 Å². The number of guanidine groups is 1. The van der Waals surface area contributed by atoms with E-state index in [4.69, 9.17) is 4.99 Å². The Bertz CT molecular complexity index is 579. The summed E-state index contributed by atoms with van der Waals surface area (Å²) >= 11 is 0. The molecule has 1 aromatic carbocycles. The largest absolute Gasteiger partial charge is 0.357 e. The lowest BCUT2D eigenvalue weighted by atomic mass is 10.1. The van der Waals surface area contributed by atoms with Crippen molar-refractivity contribution in [1.29, 1.82) is 0 Å². The minimum Gasteiger partial charge on any atom is -0.357 e. The Morgan fingerprint density at radius 1 is 1.15 bits per heavy atom. The van der Waals surface area contributed by atoms with E-state index < -0.39 is 0 Å². The number of hydrogen-bond acceptors (Lipinski definition) is 3. The second-order valence-electron chi connectivity index (χ2n) is 6.99. The Morgan fingerprint density at radius 2 is 1.77 bits per heavy atom. The van der Waals surface area contributed by atoms with Gasteiger partial charge in [-0.2, -0.15) is 0 Å². The van der Waals surface area contributed by atoms with E-state index in [2.05, 4.69) is 66.5 Å². The minimum atomic E-state index is 0.155. The van der Waals surface area contributed by atoms with Crippen molar-refractivity contribution in [1.82, 2.24) is 20.0 Å². The number of amides is 1. The van der Waals surface area contributed by atoms with Crippen molar-refractivity contribution in [3.05, 3.63) is 35.9 Å². The molecule has 0 bridgehead atoms. The van der Waals surface area contributed by atoms with E-state index >= 15 is 0 Å². The van der Waals surface area contributed by atoms with Gasteiger partial charge in [-0.15, -0.1) is 0 Å². The topological polar surface area (TPSA) is 51.2 Å². The molecule has 1 amide bonds. The molecular formula is C20H33N5O. The molecule has 1 unspecified atom stereocenters. The fourth-order valence-electron chi connectivity index (χ4n) is 3.15. The number of carbonyl (C=O) groups excluding carboxylic acids is 1. The van der Waals surface area contributed by atoms with Crippen LogP contribution in [0.5, 0.6) is 0 Å². The highest BCUT2D eigenvalue weighted by Crippen LogP contribution is 2.08. The first-order chi connectivity index (χ1) is 12.5. The Balaban J connectivity index is 2.00. The van der Waals surface area contributed by atoms with Crippen LogP contribution in [0.15, 0.2) is 35.3 Å². The second kappa shape index (κ2) is 10.2. The highest BCUT2D eigenvalue weighted by atomic mass is 16.2. The average molecular weight is 360 g/mol. The molecule has 1 heterocycles. The van der Waals surface area contributed by atoms with Gasteiger partial charge in [0, 0.05) is 45.7 Å². The van der Waals surface area contributed by atoms with Crippen LogP contribution in [0.1, 0.15) is 19.4 Å². The van der Waals surface area contributed by atoms with Crippen LogP contribution in [0.4, 0.5) is 0 Å². The smallest absolute Gasteiger partial charge is 0.219 e. The molecule has 6 heteroatoms. The van der Waals surface area contributed by atoms with Gasteiger partial charge in [0.25, 0.3) is 0 Å². The summed E-state index contributed by atoms with van der Waals surface area (Å²) in [6.07, 6.45) is 0.981. The molecule has 0 aromatic heterocycles. The number of carbonyl (C=O) groups is 1. The average Bonchev–Trinajstić information content (AvgIpc) is 2.64. The molecule has 144 valence electrons. The van der Waals surface area contributed by atoms with E-state index in [-0.39, 0.29) is 5.91 Å². The Labute approximate surface area is 157 Å². The molecule has 6 nitrogen and oxygen atoms in total. The maximum absolute atomic E-state index is 11.5. The first-order valence-corrected chi connectivity index (χ1v) is 9.50. The van der Waals surface area contributed by atoms with Crippen LogP contribution < -0.4 is 5.32 Å². The van der Waals surface area contributed by atoms with Gasteiger partial charge >= 0.3 is 0 Å². The van der Waals surface area contributed by atoms with Gasteiger partial charge < -0.3 is 20.0 Å². The van der Waals surface area contributed by atoms with Crippen LogP contribution >= 0.6 is 0 Å². The third-order valence-corrected chi connectivity index (χ3v) is 4.86. The van der Waals surface area contributed by atoms with Crippen LogP contribution in [0.3, 0.4) is 0 Å². The molecular weight excluding hydrogens is 326 g/mol. The number of nitrogens with one attached hydrogen (secondary N) is 1. The predicted molar refractivity (Wildman–Crippen MR) is 107 cm³/mol. The maximum atomic E-state index is 11.5. The molecule has 26 heavy (non-hydrogen) atoms. The number of piperazine rings is 1. The normalized spacial score (nSPS) is 16.7. The zero-order chi connectivity index (χ0) is 18.9. The number of benzene rings is 1. The summed E-state index contributed by atoms with van der Waals surface area (Å²) in [6, 6.07) is 10.9. The summed E-state index contributed by atoms with van der Waals surface area (Å²) < 4.78 is 0. The van der Waals surface area contributed by atoms with E-state index in [1.165, 1.54) is 5.56 Å². The maximum Gasteiger partial charge on any atom is 0.219 e. The Morgan fingerprint density at radius 3 is 2.31 bits per heavy atom. The summed E-state index contributed by atoms with van der Waals surface area (Å²) in [5.74, 6) is 1.11. The number of aliphatic imine (C=N–C) groups is 1. The Kier molecular flexibility index (Phi) is 7.91. The van der Waals surface area contributed by atoms with E-state index in [9.17, 15) is 4.79 Å². The van der Waals surface area contributed by atoms with Crippen LogP contribution in [0.2, 0.25) is 0 Å². The first kappa shape index (κ1) is 20.2. The molecule has 1 atom stereocenters. The van der Waals surface area contributed by atoms with Gasteiger partial charge in [0.2, 0.25) is 5.91 Å². The van der Waals surface area contributed by atoms with Gasteiger partial charge in [-0.3, -0.25) is 9.79 Å². The van der Waals surface area contributed by atoms with Gasteiger partial charge in [-0.25, -0.2) is 0 Å². The van der Waals surface area contributed by atoms with Crippen molar-refractivity contribution in [2.75, 3.05) is 53.4 Å². The number of nitrogens with zero attached hydrogens (tertiary/aromatic N) is 4. The highest BCUT2D eigenvalue weighted by Gasteiger charge is 2.21. The zero-order valence-electron chi connectivity index (χ0n) is 16.6. The molecule has 0 spiro atoms. The number of rotatable bonds is 6. The van der Waals surface area contributed by atoms with Crippen LogP contribution in [-0.4, -0.2) is 86.0 Å². The third kappa shape index (κ3) is 6.02. The summed E-state index contributed by atoms with van der Waals surface area (Å²) in [6.45, 7) is 8.51. The molecule has 1 aliphatic heterocycles. The molecule has 0 radical (unpaired) electrons. The van der Waals surface area contributed by atoms with Gasteiger partial charge in [-0.05, 0) is 33.0 Å². The SMILES string of the molecule is CCNC(=NCC(Cc1ccccc1)N(C)C)N1CCN(C(C)=O)CC1. The van der Waals surface area contributed by atoms with E-state index in [1.807, 2.05) is 4.90 Å². The number of hydrogen-bond donors (Lipinski definition) is 1. The number of likely N-dealkylation sites (N-methyl/N-ethyl adjacent to an activating group) is 1. The second-order valence-corrected chi connectivity index (χ2v) is 6.99. The summed E-state index contributed by atoms with van der Waals surface area (Å²) in [4.78, 5) is 22.8. The van der Waals surface area contributed by atoms with Gasteiger partial charge in [0.05, 0.1) is 6.54 Å². The fraction of sp³-hybridized carbons (Fsp3) is 0.600. The predicted octanol–water partition coefficient (Wildman–Crippen LogP) is 1.29. The minimum absolute atomic E-state index is 0.155. The van der Waals surface area contributed by atoms with Crippen molar-refractivity contribution in [2.45, 2.75) is 26.3 Å². The van der Waals surface area contributed by atoms with Crippen molar-refractivity contribution >= 4 is 11.9 Å². The molecule has 2 rings (SSSR count). The molecule has 1 saturated heterocycles. The lowest BCUT2D eigenvalue weighted by Crippen LogP contribution is -2.53. The molecule has 1 fully saturated rings. The van der Waals surface area contributed by atoms with Crippen LogP contribution in [-0.2, 0) is 11.2 Å². The third-order valence-electron chi connectivity index (χ3n) is 4.86. The van der Waals surface area contributed by atoms with Crippen molar-refractivity contribution in [3.63, 3.8) is 0 Å². The first-order valence-electron chi connectivity index (χ1n) is 9.50. The monoisotopic (exact) mass is 359 g/mol. The lowest BCUT2D eigenvalue weighted by Gasteiger charge is -2.36. The lowest BCUT2D eigenvalue weighted by molar-refractivity contribution is -0.130. The summed E-state index contributed by atoms with van der Waals surface area (Å²) in [5.41, 5.74) is 1.33. The van der Waals surface area contributed by atoms with Gasteiger partial charge in [-0.1, -0.05) is 30.3 Å². The van der Waals surface area contributed by atoms with E-state index in [0.717, 1.165) is 51.6 Å².